The fourth-order valence-corrected chi connectivity index (χ4v) is 3.78. The molecule has 1 amide bonds. The van der Waals surface area contributed by atoms with Crippen LogP contribution in [0.4, 0.5) is 5.69 Å². The van der Waals surface area contributed by atoms with Crippen LogP contribution in [0.25, 0.3) is 0 Å². The summed E-state index contributed by atoms with van der Waals surface area (Å²) in [5.41, 5.74) is 5.11. The second-order valence-corrected chi connectivity index (χ2v) is 7.28. The van der Waals surface area contributed by atoms with E-state index in [2.05, 4.69) is 39.7 Å². The van der Waals surface area contributed by atoms with Crippen LogP contribution in [0.1, 0.15) is 16.9 Å². The van der Waals surface area contributed by atoms with Gasteiger partial charge in [-0.05, 0) is 36.1 Å². The Labute approximate surface area is 153 Å². The first kappa shape index (κ1) is 17.6. The Morgan fingerprint density at radius 3 is 2.72 bits per heavy atom. The average Bonchev–Trinajstić information content (AvgIpc) is 3.06. The van der Waals surface area contributed by atoms with Crippen molar-refractivity contribution in [2.24, 2.45) is 5.10 Å². The molecule has 2 N–H and O–H groups in total. The van der Waals surface area contributed by atoms with Gasteiger partial charge in [-0.1, -0.05) is 18.2 Å². The molecule has 2 aromatic rings. The van der Waals surface area contributed by atoms with Gasteiger partial charge in [-0.2, -0.15) is 5.10 Å². The molecule has 0 radical (unpaired) electrons. The highest BCUT2D eigenvalue weighted by molar-refractivity contribution is 7.11. The molecule has 0 spiro atoms. The number of benzene rings is 1. The van der Waals surface area contributed by atoms with E-state index >= 15 is 0 Å². The minimum Gasteiger partial charge on any atom is -0.360 e. The fraction of sp³-hybridized carbons (Fsp3) is 0.368. The van der Waals surface area contributed by atoms with E-state index in [1.807, 2.05) is 24.4 Å². The highest BCUT2D eigenvalue weighted by Gasteiger charge is 2.20. The molecule has 1 aromatic heterocycles. The smallest absolute Gasteiger partial charge is 0.245 e. The monoisotopic (exact) mass is 357 g/mol. The molecule has 1 fully saturated rings. The predicted molar refractivity (Wildman–Crippen MR) is 104 cm³/mol. The number of hydrogen-bond acceptors (Lipinski definition) is 4. The molecule has 2 heterocycles. The van der Waals surface area contributed by atoms with E-state index in [0.717, 1.165) is 37.6 Å². The number of thiophene rings is 1. The maximum atomic E-state index is 11.9. The van der Waals surface area contributed by atoms with Gasteiger partial charge < -0.3 is 9.80 Å². The van der Waals surface area contributed by atoms with E-state index in [4.69, 9.17) is 0 Å². The number of anilines is 1. The number of nitrogens with one attached hydrogen (secondary N) is 2. The summed E-state index contributed by atoms with van der Waals surface area (Å²) >= 11 is 1.63. The molecule has 3 rings (SSSR count). The van der Waals surface area contributed by atoms with Gasteiger partial charge >= 0.3 is 0 Å². The van der Waals surface area contributed by atoms with Gasteiger partial charge in [-0.25, -0.2) is 5.43 Å². The molecule has 1 saturated heterocycles. The summed E-state index contributed by atoms with van der Waals surface area (Å²) < 4.78 is 0. The first-order valence-electron chi connectivity index (χ1n) is 8.72. The number of nitrogens with zero attached hydrogens (tertiary/aromatic N) is 2. The Balaban J connectivity index is 1.36. The van der Waals surface area contributed by atoms with Gasteiger partial charge in [0.05, 0.1) is 45.4 Å². The maximum absolute atomic E-state index is 11.9. The standard InChI is InChI=1S/C19H24N4OS/c1-16-8-14-25-18(16)15-20-21-19(24)7-9-22-10-12-23(13-11-22)17-5-3-2-4-6-17/h2-6,8,14-15H,7,9-13H2,1H3,(H,21,24)/p+1. The van der Waals surface area contributed by atoms with Gasteiger partial charge in [0, 0.05) is 10.6 Å². The van der Waals surface area contributed by atoms with Gasteiger partial charge in [0.2, 0.25) is 5.91 Å². The number of piperazine rings is 1. The lowest BCUT2D eigenvalue weighted by Crippen LogP contribution is -3.15. The summed E-state index contributed by atoms with van der Waals surface area (Å²) in [4.78, 5) is 16.9. The highest BCUT2D eigenvalue weighted by atomic mass is 32.1. The number of amides is 1. The van der Waals surface area contributed by atoms with Crippen molar-refractivity contribution in [3.8, 4) is 0 Å². The second-order valence-electron chi connectivity index (χ2n) is 6.33. The lowest BCUT2D eigenvalue weighted by molar-refractivity contribution is -0.900. The molecule has 1 aliphatic heterocycles. The van der Waals surface area contributed by atoms with Crippen molar-refractivity contribution in [1.82, 2.24) is 5.43 Å². The van der Waals surface area contributed by atoms with Crippen molar-refractivity contribution in [3.63, 3.8) is 0 Å². The summed E-state index contributed by atoms with van der Waals surface area (Å²) in [5.74, 6) is -0.0107. The van der Waals surface area contributed by atoms with Gasteiger partial charge in [-0.15, -0.1) is 11.3 Å². The topological polar surface area (TPSA) is 49.1 Å². The Morgan fingerprint density at radius 1 is 1.28 bits per heavy atom. The minimum atomic E-state index is -0.0107. The van der Waals surface area contributed by atoms with Crippen molar-refractivity contribution >= 4 is 29.1 Å². The van der Waals surface area contributed by atoms with Crippen molar-refractivity contribution in [3.05, 3.63) is 52.2 Å². The van der Waals surface area contributed by atoms with E-state index in [-0.39, 0.29) is 5.91 Å². The summed E-state index contributed by atoms with van der Waals surface area (Å²) in [6.07, 6.45) is 2.24. The molecule has 6 heteroatoms. The van der Waals surface area contributed by atoms with Crippen LogP contribution in [0.5, 0.6) is 0 Å². The number of carbonyl (C=O) groups excluding carboxylic acids is 1. The van der Waals surface area contributed by atoms with E-state index in [9.17, 15) is 4.79 Å². The van der Waals surface area contributed by atoms with Crippen molar-refractivity contribution in [2.75, 3.05) is 37.6 Å². The van der Waals surface area contributed by atoms with Crippen LogP contribution in [0.3, 0.4) is 0 Å². The highest BCUT2D eigenvalue weighted by Crippen LogP contribution is 2.13. The van der Waals surface area contributed by atoms with Crippen LogP contribution in [-0.2, 0) is 4.79 Å². The zero-order valence-electron chi connectivity index (χ0n) is 14.6. The van der Waals surface area contributed by atoms with Gasteiger partial charge in [0.25, 0.3) is 0 Å². The van der Waals surface area contributed by atoms with Gasteiger partial charge in [-0.3, -0.25) is 4.79 Å². The quantitative estimate of drug-likeness (QED) is 0.605. The van der Waals surface area contributed by atoms with Crippen LogP contribution in [-0.4, -0.2) is 44.8 Å². The average molecular weight is 358 g/mol. The third-order valence-corrected chi connectivity index (χ3v) is 5.52. The molecule has 1 aromatic carbocycles. The second kappa shape index (κ2) is 8.78. The van der Waals surface area contributed by atoms with Crippen molar-refractivity contribution in [2.45, 2.75) is 13.3 Å². The van der Waals surface area contributed by atoms with Crippen molar-refractivity contribution < 1.29 is 9.69 Å². The predicted octanol–water partition coefficient (Wildman–Crippen LogP) is 1.30. The number of carbonyl (C=O) groups is 1. The van der Waals surface area contributed by atoms with E-state index < -0.39 is 0 Å². The zero-order chi connectivity index (χ0) is 17.5. The normalized spacial score (nSPS) is 15.6. The lowest BCUT2D eigenvalue weighted by Gasteiger charge is -2.33. The van der Waals surface area contributed by atoms with E-state index in [0.29, 0.717) is 6.42 Å². The van der Waals surface area contributed by atoms with Crippen LogP contribution in [0.15, 0.2) is 46.9 Å². The number of aryl methyl sites for hydroxylation is 1. The molecule has 132 valence electrons. The van der Waals surface area contributed by atoms with E-state index in [1.165, 1.54) is 16.2 Å². The number of para-hydroxylation sites is 1. The molecular weight excluding hydrogens is 332 g/mol. The third-order valence-electron chi connectivity index (χ3n) is 4.57. The van der Waals surface area contributed by atoms with Gasteiger partial charge in [0.1, 0.15) is 0 Å². The molecule has 0 unspecified atom stereocenters. The molecular formula is C19H25N4OS+. The summed E-state index contributed by atoms with van der Waals surface area (Å²) in [7, 11) is 0. The van der Waals surface area contributed by atoms with Crippen LogP contribution in [0, 0.1) is 6.92 Å². The first-order chi connectivity index (χ1) is 12.2. The van der Waals surface area contributed by atoms with Crippen LogP contribution < -0.4 is 15.2 Å². The Morgan fingerprint density at radius 2 is 2.04 bits per heavy atom. The number of rotatable bonds is 6. The van der Waals surface area contributed by atoms with Gasteiger partial charge in [0.15, 0.2) is 0 Å². The Hall–Kier alpha value is -2.18. The molecule has 5 nitrogen and oxygen atoms in total. The summed E-state index contributed by atoms with van der Waals surface area (Å²) in [5, 5.41) is 6.08. The van der Waals surface area contributed by atoms with Crippen LogP contribution >= 0.6 is 11.3 Å². The lowest BCUT2D eigenvalue weighted by atomic mass is 10.2. The molecule has 0 aliphatic carbocycles. The third kappa shape index (κ3) is 5.14. The molecule has 0 saturated carbocycles. The van der Waals surface area contributed by atoms with Crippen LogP contribution in [0.2, 0.25) is 0 Å². The number of quaternary nitrogens is 1. The minimum absolute atomic E-state index is 0.0107. The molecule has 0 atom stereocenters. The number of hydrogen-bond donors (Lipinski definition) is 2. The number of hydrazone groups is 1. The molecule has 1 aliphatic rings. The fourth-order valence-electron chi connectivity index (χ4n) is 3.00. The van der Waals surface area contributed by atoms with Crippen molar-refractivity contribution in [1.29, 1.82) is 0 Å². The Kier molecular flexibility index (Phi) is 6.19. The summed E-state index contributed by atoms with van der Waals surface area (Å²) in [6.45, 7) is 7.12. The van der Waals surface area contributed by atoms with E-state index in [1.54, 1.807) is 17.6 Å². The maximum Gasteiger partial charge on any atom is 0.245 e. The largest absolute Gasteiger partial charge is 0.360 e. The SMILES string of the molecule is Cc1ccsc1C=NNC(=O)CC[NH+]1CCN(c2ccccc2)CC1. The summed E-state index contributed by atoms with van der Waals surface area (Å²) in [6, 6.07) is 12.6. The zero-order valence-corrected chi connectivity index (χ0v) is 15.4. The first-order valence-corrected chi connectivity index (χ1v) is 9.60. The molecule has 25 heavy (non-hydrogen) atoms. The molecule has 0 bridgehead atoms. The Bertz CT molecular complexity index is 705.